The number of oxime groups is 1. The van der Waals surface area contributed by atoms with Crippen LogP contribution in [-0.4, -0.2) is 33.5 Å². The van der Waals surface area contributed by atoms with Crippen molar-refractivity contribution >= 4 is 74.1 Å². The highest BCUT2D eigenvalue weighted by atomic mass is 35.5. The predicted molar refractivity (Wildman–Crippen MR) is 130 cm³/mol. The zero-order valence-electron chi connectivity index (χ0n) is 17.0. The lowest BCUT2D eigenvalue weighted by atomic mass is 10.1. The minimum atomic E-state index is -0.901. The molecule has 0 aliphatic carbocycles. The molecule has 1 saturated heterocycles. The third kappa shape index (κ3) is 4.34. The number of thiocarbonyl (C=S) groups is 1. The number of hydrogen-bond donors (Lipinski definition) is 0. The molecule has 3 aromatic rings. The maximum absolute atomic E-state index is 12.9. The standard InChI is InChI=1S/C21H13Cl2N3O5S2/c1-10-15(17(24-30-10)16-11(22)6-5-7-12(16)23)20(28)31-25-18-19(27)26(21(32)33-18)13-8-3-4-9-14(13)29-2/h3-9H,1-2H3/b25-18-. The third-order valence-electron chi connectivity index (χ3n) is 4.56. The smallest absolute Gasteiger partial charge is 0.371 e. The van der Waals surface area contributed by atoms with Crippen LogP contribution in [0.25, 0.3) is 11.3 Å². The van der Waals surface area contributed by atoms with Crippen molar-refractivity contribution in [3.8, 4) is 17.0 Å². The number of anilines is 1. The largest absolute Gasteiger partial charge is 0.495 e. The number of aryl methyl sites for hydroxylation is 1. The van der Waals surface area contributed by atoms with Crippen LogP contribution in [-0.2, 0) is 9.63 Å². The lowest BCUT2D eigenvalue weighted by molar-refractivity contribution is -0.111. The number of hydrogen-bond acceptors (Lipinski definition) is 9. The van der Waals surface area contributed by atoms with Crippen molar-refractivity contribution in [1.82, 2.24) is 5.16 Å². The van der Waals surface area contributed by atoms with Gasteiger partial charge in [-0.05, 0) is 43.0 Å². The summed E-state index contributed by atoms with van der Waals surface area (Å²) in [6, 6.07) is 11.7. The van der Waals surface area contributed by atoms with Gasteiger partial charge in [0, 0.05) is 5.56 Å². The van der Waals surface area contributed by atoms with Crippen LogP contribution in [0.15, 0.2) is 52.1 Å². The van der Waals surface area contributed by atoms with Crippen LogP contribution in [0.5, 0.6) is 5.75 Å². The Morgan fingerprint density at radius 1 is 1.18 bits per heavy atom. The van der Waals surface area contributed by atoms with Crippen LogP contribution in [0.1, 0.15) is 16.1 Å². The van der Waals surface area contributed by atoms with Gasteiger partial charge in [-0.1, -0.05) is 63.9 Å². The molecule has 2 heterocycles. The van der Waals surface area contributed by atoms with Gasteiger partial charge >= 0.3 is 5.97 Å². The Bertz CT molecular complexity index is 1300. The molecule has 12 heteroatoms. The Labute approximate surface area is 207 Å². The Kier molecular flexibility index (Phi) is 6.71. The van der Waals surface area contributed by atoms with Gasteiger partial charge in [0.2, 0.25) is 5.04 Å². The number of halogens is 2. The number of carbonyl (C=O) groups is 2. The number of methoxy groups -OCH3 is 1. The van der Waals surface area contributed by atoms with Crippen molar-refractivity contribution in [3.63, 3.8) is 0 Å². The second-order valence-electron chi connectivity index (χ2n) is 6.51. The Hall–Kier alpha value is -2.92. The minimum Gasteiger partial charge on any atom is -0.495 e. The van der Waals surface area contributed by atoms with E-state index in [1.165, 1.54) is 18.9 Å². The summed E-state index contributed by atoms with van der Waals surface area (Å²) in [6.45, 7) is 1.53. The molecule has 168 valence electrons. The number of rotatable bonds is 5. The summed E-state index contributed by atoms with van der Waals surface area (Å²) < 4.78 is 10.7. The number of carbonyl (C=O) groups excluding carboxylic acids is 2. The molecule has 0 radical (unpaired) electrons. The van der Waals surface area contributed by atoms with Gasteiger partial charge in [-0.25, -0.2) is 4.79 Å². The number of para-hydroxylation sites is 2. The normalized spacial score (nSPS) is 14.8. The SMILES string of the molecule is COc1ccccc1N1C(=O)/C(=N/OC(=O)c2c(-c3c(Cl)cccc3Cl)noc2C)SC1=S. The maximum atomic E-state index is 12.9. The summed E-state index contributed by atoms with van der Waals surface area (Å²) in [5.74, 6) is -0.836. The molecule has 0 spiro atoms. The zero-order valence-corrected chi connectivity index (χ0v) is 20.1. The molecule has 1 fully saturated rings. The van der Waals surface area contributed by atoms with E-state index in [1.807, 2.05) is 0 Å². The van der Waals surface area contributed by atoms with Crippen LogP contribution in [0.4, 0.5) is 5.69 Å². The van der Waals surface area contributed by atoms with E-state index in [2.05, 4.69) is 10.3 Å². The van der Waals surface area contributed by atoms with Crippen LogP contribution in [0, 0.1) is 6.92 Å². The molecule has 0 bridgehead atoms. The van der Waals surface area contributed by atoms with E-state index >= 15 is 0 Å². The van der Waals surface area contributed by atoms with Crippen LogP contribution in [0.2, 0.25) is 10.0 Å². The zero-order chi connectivity index (χ0) is 23.7. The second-order valence-corrected chi connectivity index (χ2v) is 8.95. The average Bonchev–Trinajstić information content (AvgIpc) is 3.30. The topological polar surface area (TPSA) is 94.2 Å². The van der Waals surface area contributed by atoms with Crippen LogP contribution < -0.4 is 9.64 Å². The van der Waals surface area contributed by atoms with Crippen LogP contribution >= 0.6 is 47.2 Å². The summed E-state index contributed by atoms with van der Waals surface area (Å²) in [6.07, 6.45) is 0. The first kappa shape index (κ1) is 23.2. The molecule has 1 amide bonds. The van der Waals surface area contributed by atoms with E-state index in [9.17, 15) is 9.59 Å². The number of ether oxygens (including phenoxy) is 1. The highest BCUT2D eigenvalue weighted by Gasteiger charge is 2.37. The van der Waals surface area contributed by atoms with Crippen molar-refractivity contribution in [2.75, 3.05) is 12.0 Å². The van der Waals surface area contributed by atoms with E-state index in [-0.39, 0.29) is 36.4 Å². The van der Waals surface area contributed by atoms with Crippen molar-refractivity contribution in [3.05, 3.63) is 63.8 Å². The number of amides is 1. The summed E-state index contributed by atoms with van der Waals surface area (Å²) in [5, 5.41) is 8.06. The van der Waals surface area contributed by atoms with Gasteiger partial charge in [0.25, 0.3) is 5.91 Å². The maximum Gasteiger partial charge on any atom is 0.371 e. The minimum absolute atomic E-state index is 0.0195. The average molecular weight is 522 g/mol. The van der Waals surface area contributed by atoms with Gasteiger partial charge in [-0.15, -0.1) is 0 Å². The molecule has 0 unspecified atom stereocenters. The molecule has 1 aliphatic heterocycles. The first-order valence-corrected chi connectivity index (χ1v) is 11.2. The van der Waals surface area contributed by atoms with Crippen LogP contribution in [0.3, 0.4) is 0 Å². The van der Waals surface area contributed by atoms with E-state index < -0.39 is 11.9 Å². The molecule has 4 rings (SSSR count). The van der Waals surface area contributed by atoms with E-state index in [1.54, 1.807) is 42.5 Å². The van der Waals surface area contributed by atoms with Gasteiger partial charge in [0.05, 0.1) is 22.8 Å². The molecule has 1 aliphatic rings. The highest BCUT2D eigenvalue weighted by Crippen LogP contribution is 2.38. The fourth-order valence-corrected chi connectivity index (χ4v) is 4.75. The summed E-state index contributed by atoms with van der Waals surface area (Å²) in [7, 11) is 1.48. The van der Waals surface area contributed by atoms with Gasteiger partial charge in [-0.2, -0.15) is 0 Å². The summed E-state index contributed by atoms with van der Waals surface area (Å²) in [4.78, 5) is 32.1. The predicted octanol–water partition coefficient (Wildman–Crippen LogP) is 5.50. The molecule has 33 heavy (non-hydrogen) atoms. The van der Waals surface area contributed by atoms with E-state index in [0.717, 1.165) is 11.8 Å². The van der Waals surface area contributed by atoms with Gasteiger partial charge in [-0.3, -0.25) is 9.69 Å². The van der Waals surface area contributed by atoms with Crippen molar-refractivity contribution in [2.24, 2.45) is 5.16 Å². The molecule has 0 saturated carbocycles. The molecule has 2 aromatic carbocycles. The van der Waals surface area contributed by atoms with Crippen molar-refractivity contribution in [1.29, 1.82) is 0 Å². The second kappa shape index (κ2) is 9.52. The van der Waals surface area contributed by atoms with E-state index in [4.69, 9.17) is 49.5 Å². The molecule has 8 nitrogen and oxygen atoms in total. The molecule has 0 N–H and O–H groups in total. The van der Waals surface area contributed by atoms with Crippen molar-refractivity contribution in [2.45, 2.75) is 6.92 Å². The molecular weight excluding hydrogens is 509 g/mol. The summed E-state index contributed by atoms with van der Waals surface area (Å²) >= 11 is 18.7. The monoisotopic (exact) mass is 521 g/mol. The lowest BCUT2D eigenvalue weighted by Gasteiger charge is -2.17. The fourth-order valence-electron chi connectivity index (χ4n) is 3.07. The number of benzene rings is 2. The molecular formula is C21H13Cl2N3O5S2. The van der Waals surface area contributed by atoms with Crippen molar-refractivity contribution < 1.29 is 23.7 Å². The molecule has 0 atom stereocenters. The Balaban J connectivity index is 1.61. The Morgan fingerprint density at radius 3 is 2.58 bits per heavy atom. The number of aromatic nitrogens is 1. The first-order valence-electron chi connectivity index (χ1n) is 9.22. The van der Waals surface area contributed by atoms with Gasteiger partial charge in [0.15, 0.2) is 4.32 Å². The fraction of sp³-hybridized carbons (Fsp3) is 0.0952. The summed E-state index contributed by atoms with van der Waals surface area (Å²) in [5.41, 5.74) is 0.843. The number of nitrogens with zero attached hydrogens (tertiary/aromatic N) is 3. The highest BCUT2D eigenvalue weighted by molar-refractivity contribution is 8.35. The lowest BCUT2D eigenvalue weighted by Crippen LogP contribution is -2.30. The quantitative estimate of drug-likeness (QED) is 0.246. The van der Waals surface area contributed by atoms with E-state index in [0.29, 0.717) is 17.0 Å². The number of thioether (sulfide) groups is 1. The van der Waals surface area contributed by atoms with Gasteiger partial charge < -0.3 is 14.1 Å². The Morgan fingerprint density at radius 2 is 1.88 bits per heavy atom. The first-order chi connectivity index (χ1) is 15.8. The van der Waals surface area contributed by atoms with Gasteiger partial charge in [0.1, 0.15) is 22.8 Å². The third-order valence-corrected chi connectivity index (χ3v) is 6.42. The molecule has 1 aromatic heterocycles.